The number of benzene rings is 1. The van der Waals surface area contributed by atoms with Gasteiger partial charge < -0.3 is 15.0 Å². The molecular weight excluding hydrogens is 376 g/mol. The molecule has 1 aliphatic carbocycles. The number of piperidine rings is 1. The minimum atomic E-state index is -0.260. The van der Waals surface area contributed by atoms with Crippen molar-refractivity contribution in [1.29, 1.82) is 0 Å². The lowest BCUT2D eigenvalue weighted by Crippen LogP contribution is -2.52. The van der Waals surface area contributed by atoms with Crippen LogP contribution in [0.2, 0.25) is 0 Å². The summed E-state index contributed by atoms with van der Waals surface area (Å²) in [6.07, 6.45) is 7.54. The highest BCUT2D eigenvalue weighted by atomic mass is 16.5. The standard InChI is InChI=1S/C25H36N2O3/c1-18(2)17-26-23(28)15-20-16-25(30-22-10-6-5-9-21(20)22)11-13-27(14-12-25)24(29)19-7-3-4-8-19/h5-6,9-10,18-20H,3-4,7-8,11-17H2,1-2H3,(H,26,28). The van der Waals surface area contributed by atoms with Gasteiger partial charge in [0, 0.05) is 50.7 Å². The second-order valence-corrected chi connectivity index (χ2v) is 9.93. The summed E-state index contributed by atoms with van der Waals surface area (Å²) in [5.41, 5.74) is 0.886. The summed E-state index contributed by atoms with van der Waals surface area (Å²) in [4.78, 5) is 27.5. The van der Waals surface area contributed by atoms with Crippen LogP contribution in [0.3, 0.4) is 0 Å². The molecule has 1 aromatic rings. The van der Waals surface area contributed by atoms with E-state index in [1.54, 1.807) is 0 Å². The number of likely N-dealkylation sites (tertiary alicyclic amines) is 1. The summed E-state index contributed by atoms with van der Waals surface area (Å²) in [6.45, 7) is 6.47. The van der Waals surface area contributed by atoms with Gasteiger partial charge in [-0.3, -0.25) is 9.59 Å². The predicted molar refractivity (Wildman–Crippen MR) is 117 cm³/mol. The van der Waals surface area contributed by atoms with E-state index in [1.165, 1.54) is 12.8 Å². The molecule has 0 aromatic heterocycles. The van der Waals surface area contributed by atoms with Gasteiger partial charge in [0.15, 0.2) is 0 Å². The van der Waals surface area contributed by atoms with Crippen molar-refractivity contribution in [3.8, 4) is 5.75 Å². The molecule has 164 valence electrons. The molecule has 5 heteroatoms. The van der Waals surface area contributed by atoms with E-state index >= 15 is 0 Å². The van der Waals surface area contributed by atoms with E-state index in [2.05, 4.69) is 30.1 Å². The van der Waals surface area contributed by atoms with Gasteiger partial charge in [-0.1, -0.05) is 44.9 Å². The highest BCUT2D eigenvalue weighted by Gasteiger charge is 2.44. The van der Waals surface area contributed by atoms with E-state index in [9.17, 15) is 9.59 Å². The summed E-state index contributed by atoms with van der Waals surface area (Å²) in [5.74, 6) is 2.24. The van der Waals surface area contributed by atoms with Gasteiger partial charge in [-0.2, -0.15) is 0 Å². The molecule has 1 N–H and O–H groups in total. The lowest BCUT2D eigenvalue weighted by atomic mass is 9.76. The highest BCUT2D eigenvalue weighted by Crippen LogP contribution is 2.46. The van der Waals surface area contributed by atoms with Crippen LogP contribution >= 0.6 is 0 Å². The van der Waals surface area contributed by atoms with Gasteiger partial charge in [-0.15, -0.1) is 0 Å². The Morgan fingerprint density at radius 2 is 1.87 bits per heavy atom. The lowest BCUT2D eigenvalue weighted by molar-refractivity contribution is -0.139. The zero-order valence-electron chi connectivity index (χ0n) is 18.5. The number of nitrogens with zero attached hydrogens (tertiary/aromatic N) is 1. The summed E-state index contributed by atoms with van der Waals surface area (Å²) in [7, 11) is 0. The average molecular weight is 413 g/mol. The number of hydrogen-bond acceptors (Lipinski definition) is 3. The lowest BCUT2D eigenvalue weighted by Gasteiger charge is -2.47. The molecule has 3 aliphatic rings. The monoisotopic (exact) mass is 412 g/mol. The zero-order valence-corrected chi connectivity index (χ0v) is 18.5. The Labute approximate surface area is 180 Å². The maximum absolute atomic E-state index is 12.8. The number of para-hydroxylation sites is 1. The largest absolute Gasteiger partial charge is 0.487 e. The van der Waals surface area contributed by atoms with Crippen molar-refractivity contribution in [3.05, 3.63) is 29.8 Å². The van der Waals surface area contributed by atoms with E-state index in [1.807, 2.05) is 18.2 Å². The van der Waals surface area contributed by atoms with Gasteiger partial charge in [0.05, 0.1) is 0 Å². The molecule has 2 heterocycles. The molecule has 30 heavy (non-hydrogen) atoms. The topological polar surface area (TPSA) is 58.6 Å². The van der Waals surface area contributed by atoms with Gasteiger partial charge in [0.25, 0.3) is 0 Å². The number of amides is 2. The zero-order chi connectivity index (χ0) is 21.1. The number of carbonyl (C=O) groups excluding carboxylic acids is 2. The number of nitrogens with one attached hydrogen (secondary N) is 1. The van der Waals surface area contributed by atoms with Gasteiger partial charge >= 0.3 is 0 Å². The first kappa shape index (κ1) is 21.2. The molecule has 4 rings (SSSR count). The summed E-state index contributed by atoms with van der Waals surface area (Å²) in [5, 5.41) is 3.07. The summed E-state index contributed by atoms with van der Waals surface area (Å²) >= 11 is 0. The van der Waals surface area contributed by atoms with Crippen LogP contribution in [0.25, 0.3) is 0 Å². The molecule has 0 radical (unpaired) electrons. The molecular formula is C25H36N2O3. The van der Waals surface area contributed by atoms with Crippen LogP contribution in [0.5, 0.6) is 5.75 Å². The number of hydrogen-bond donors (Lipinski definition) is 1. The van der Waals surface area contributed by atoms with Gasteiger partial charge in [-0.05, 0) is 36.8 Å². The van der Waals surface area contributed by atoms with Crippen LogP contribution in [-0.4, -0.2) is 41.9 Å². The molecule has 1 saturated heterocycles. The van der Waals surface area contributed by atoms with Crippen molar-refractivity contribution >= 4 is 11.8 Å². The fraction of sp³-hybridized carbons (Fsp3) is 0.680. The molecule has 2 aliphatic heterocycles. The van der Waals surface area contributed by atoms with Crippen LogP contribution in [-0.2, 0) is 9.59 Å². The maximum Gasteiger partial charge on any atom is 0.225 e. The van der Waals surface area contributed by atoms with Gasteiger partial charge in [0.1, 0.15) is 11.4 Å². The Morgan fingerprint density at radius 1 is 1.17 bits per heavy atom. The van der Waals surface area contributed by atoms with Crippen molar-refractivity contribution in [2.45, 2.75) is 76.7 Å². The Hall–Kier alpha value is -2.04. The molecule has 1 aromatic carbocycles. The first-order chi connectivity index (χ1) is 14.5. The molecule has 2 amide bonds. The maximum atomic E-state index is 12.8. The van der Waals surface area contributed by atoms with Crippen molar-refractivity contribution < 1.29 is 14.3 Å². The van der Waals surface area contributed by atoms with Crippen LogP contribution in [0.15, 0.2) is 24.3 Å². The minimum Gasteiger partial charge on any atom is -0.487 e. The molecule has 1 spiro atoms. The van der Waals surface area contributed by atoms with E-state index in [4.69, 9.17) is 4.74 Å². The number of carbonyl (C=O) groups is 2. The van der Waals surface area contributed by atoms with E-state index in [0.717, 1.165) is 56.5 Å². The van der Waals surface area contributed by atoms with Crippen LogP contribution in [0.1, 0.15) is 76.7 Å². The fourth-order valence-electron chi connectivity index (χ4n) is 5.41. The molecule has 0 bridgehead atoms. The van der Waals surface area contributed by atoms with Crippen LogP contribution < -0.4 is 10.1 Å². The first-order valence-corrected chi connectivity index (χ1v) is 11.8. The average Bonchev–Trinajstić information content (AvgIpc) is 3.27. The number of ether oxygens (including phenoxy) is 1. The second kappa shape index (κ2) is 8.99. The quantitative estimate of drug-likeness (QED) is 0.786. The molecule has 1 atom stereocenters. The van der Waals surface area contributed by atoms with Crippen molar-refractivity contribution in [2.75, 3.05) is 19.6 Å². The van der Waals surface area contributed by atoms with Crippen molar-refractivity contribution in [2.24, 2.45) is 11.8 Å². The van der Waals surface area contributed by atoms with Gasteiger partial charge in [-0.25, -0.2) is 0 Å². The Balaban J connectivity index is 1.43. The normalized spacial score (nSPS) is 23.3. The summed E-state index contributed by atoms with van der Waals surface area (Å²) in [6, 6.07) is 8.17. The first-order valence-electron chi connectivity index (χ1n) is 11.8. The fourth-order valence-corrected chi connectivity index (χ4v) is 5.41. The van der Waals surface area contributed by atoms with Crippen molar-refractivity contribution in [3.63, 3.8) is 0 Å². The van der Waals surface area contributed by atoms with Crippen LogP contribution in [0.4, 0.5) is 0 Å². The number of rotatable bonds is 5. The van der Waals surface area contributed by atoms with E-state index in [-0.39, 0.29) is 23.3 Å². The van der Waals surface area contributed by atoms with Crippen LogP contribution in [0, 0.1) is 11.8 Å². The molecule has 5 nitrogen and oxygen atoms in total. The summed E-state index contributed by atoms with van der Waals surface area (Å²) < 4.78 is 6.55. The Kier molecular flexibility index (Phi) is 6.35. The predicted octanol–water partition coefficient (Wildman–Crippen LogP) is 4.27. The Morgan fingerprint density at radius 3 is 2.57 bits per heavy atom. The SMILES string of the molecule is CC(C)CNC(=O)CC1CC2(CCN(C(=O)C3CCCC3)CC2)Oc2ccccc21. The second-order valence-electron chi connectivity index (χ2n) is 9.93. The van der Waals surface area contributed by atoms with Gasteiger partial charge in [0.2, 0.25) is 11.8 Å². The van der Waals surface area contributed by atoms with E-state index < -0.39 is 0 Å². The Bertz CT molecular complexity index is 761. The molecule has 1 saturated carbocycles. The molecule has 2 fully saturated rings. The smallest absolute Gasteiger partial charge is 0.225 e. The van der Waals surface area contributed by atoms with E-state index in [0.29, 0.717) is 24.8 Å². The molecule has 1 unspecified atom stereocenters. The van der Waals surface area contributed by atoms with Crippen molar-refractivity contribution in [1.82, 2.24) is 10.2 Å². The third-order valence-electron chi connectivity index (χ3n) is 7.13. The third-order valence-corrected chi connectivity index (χ3v) is 7.13. The highest BCUT2D eigenvalue weighted by molar-refractivity contribution is 5.79. The third kappa shape index (κ3) is 4.65. The number of fused-ring (bicyclic) bond motifs is 1. The minimum absolute atomic E-state index is 0.120.